The van der Waals surface area contributed by atoms with Gasteiger partial charge in [0.25, 0.3) is 0 Å². The van der Waals surface area contributed by atoms with E-state index in [0.29, 0.717) is 22.4 Å². The van der Waals surface area contributed by atoms with Gasteiger partial charge in [-0.25, -0.2) is 28.7 Å². The number of pyridine rings is 1. The Hall–Kier alpha value is -3.50. The van der Waals surface area contributed by atoms with Crippen LogP contribution in [0.15, 0.2) is 36.7 Å². The van der Waals surface area contributed by atoms with Crippen LogP contribution in [0.1, 0.15) is 30.8 Å². The maximum absolute atomic E-state index is 14.9. The van der Waals surface area contributed by atoms with Gasteiger partial charge >= 0.3 is 0 Å². The summed E-state index contributed by atoms with van der Waals surface area (Å²) >= 11 is 0. The zero-order chi connectivity index (χ0) is 24.8. The van der Waals surface area contributed by atoms with Crippen molar-refractivity contribution in [1.82, 2.24) is 34.3 Å². The van der Waals surface area contributed by atoms with E-state index >= 15 is 0 Å². The minimum atomic E-state index is -0.621. The Morgan fingerprint density at radius 3 is 2.61 bits per heavy atom. The number of likely N-dealkylation sites (N-methyl/N-ethyl adjacent to an activating group) is 1. The standard InChI is InChI=1S/C26H28F2N8/c1-16-3-6-23-32-25-19(27)11-18(12-21(25)36(16)23)24-20(28)14-30-26(33-24)31-22-5-4-17(13-29-22)15-35-9-7-34(2)8-10-35/h4-5,11-14,16H,3,6-10,15H2,1-2H3,(H,29,30,31,33)/t16-/m1/s1. The van der Waals surface area contributed by atoms with Crippen LogP contribution in [0.4, 0.5) is 20.5 Å². The number of aryl methyl sites for hydroxylation is 1. The summed E-state index contributed by atoms with van der Waals surface area (Å²) in [4.78, 5) is 22.1. The molecule has 0 bridgehead atoms. The van der Waals surface area contributed by atoms with Gasteiger partial charge in [-0.15, -0.1) is 0 Å². The molecule has 0 aliphatic carbocycles. The third-order valence-corrected chi connectivity index (χ3v) is 7.13. The molecule has 10 heteroatoms. The van der Waals surface area contributed by atoms with Crippen LogP contribution >= 0.6 is 0 Å². The molecule has 1 fully saturated rings. The van der Waals surface area contributed by atoms with Crippen molar-refractivity contribution < 1.29 is 8.78 Å². The smallest absolute Gasteiger partial charge is 0.229 e. The molecule has 8 nitrogen and oxygen atoms in total. The van der Waals surface area contributed by atoms with Crippen molar-refractivity contribution in [3.8, 4) is 11.3 Å². The summed E-state index contributed by atoms with van der Waals surface area (Å²) in [7, 11) is 2.14. The molecule has 6 rings (SSSR count). The van der Waals surface area contributed by atoms with Crippen molar-refractivity contribution in [2.75, 3.05) is 38.5 Å². The van der Waals surface area contributed by atoms with Crippen LogP contribution in [0.5, 0.6) is 0 Å². The average Bonchev–Trinajstić information content (AvgIpc) is 3.43. The van der Waals surface area contributed by atoms with Crippen LogP contribution in [0.25, 0.3) is 22.3 Å². The Morgan fingerprint density at radius 1 is 1.00 bits per heavy atom. The Bertz CT molecular complexity index is 1410. The fourth-order valence-corrected chi connectivity index (χ4v) is 5.07. The van der Waals surface area contributed by atoms with E-state index in [9.17, 15) is 8.78 Å². The van der Waals surface area contributed by atoms with E-state index in [1.807, 2.05) is 22.9 Å². The lowest BCUT2D eigenvalue weighted by Gasteiger charge is -2.32. The molecule has 2 aliphatic rings. The number of halogens is 2. The zero-order valence-corrected chi connectivity index (χ0v) is 20.4. The minimum absolute atomic E-state index is 0.0289. The Balaban J connectivity index is 1.23. The lowest BCUT2D eigenvalue weighted by atomic mass is 10.1. The first-order valence-corrected chi connectivity index (χ1v) is 12.3. The molecule has 1 saturated heterocycles. The molecule has 0 amide bonds. The van der Waals surface area contributed by atoms with Crippen LogP contribution in [-0.2, 0) is 13.0 Å². The summed E-state index contributed by atoms with van der Waals surface area (Å²) in [5.41, 5.74) is 2.47. The molecular formula is C26H28F2N8. The molecule has 2 aliphatic heterocycles. The molecule has 1 atom stereocenters. The van der Waals surface area contributed by atoms with Crippen LogP contribution in [0, 0.1) is 11.6 Å². The van der Waals surface area contributed by atoms with Crippen molar-refractivity contribution in [3.05, 3.63) is 59.7 Å². The monoisotopic (exact) mass is 490 g/mol. The summed E-state index contributed by atoms with van der Waals surface area (Å²) < 4.78 is 31.8. The number of nitrogens with zero attached hydrogens (tertiary/aromatic N) is 7. The van der Waals surface area contributed by atoms with Crippen LogP contribution < -0.4 is 5.32 Å². The summed E-state index contributed by atoms with van der Waals surface area (Å²) in [6, 6.07) is 7.15. The van der Waals surface area contributed by atoms with Crippen LogP contribution in [-0.4, -0.2) is 67.5 Å². The van der Waals surface area contributed by atoms with Crippen molar-refractivity contribution in [1.29, 1.82) is 0 Å². The Labute approximate surface area is 208 Å². The molecule has 4 aromatic rings. The summed E-state index contributed by atoms with van der Waals surface area (Å²) in [5.74, 6) is 0.504. The van der Waals surface area contributed by atoms with E-state index < -0.39 is 11.6 Å². The van der Waals surface area contributed by atoms with Crippen molar-refractivity contribution in [3.63, 3.8) is 0 Å². The van der Waals surface area contributed by atoms with E-state index in [4.69, 9.17) is 0 Å². The molecule has 0 spiro atoms. The fourth-order valence-electron chi connectivity index (χ4n) is 5.07. The predicted octanol–water partition coefficient (Wildman–Crippen LogP) is 4.16. The maximum Gasteiger partial charge on any atom is 0.229 e. The Morgan fingerprint density at radius 2 is 1.83 bits per heavy atom. The highest BCUT2D eigenvalue weighted by molar-refractivity contribution is 5.83. The number of aromatic nitrogens is 5. The van der Waals surface area contributed by atoms with Gasteiger partial charge < -0.3 is 14.8 Å². The minimum Gasteiger partial charge on any atom is -0.325 e. The van der Waals surface area contributed by atoms with E-state index in [1.165, 1.54) is 6.07 Å². The van der Waals surface area contributed by atoms with Gasteiger partial charge in [-0.3, -0.25) is 4.90 Å². The highest BCUT2D eigenvalue weighted by Gasteiger charge is 2.25. The third kappa shape index (κ3) is 4.31. The average molecular weight is 491 g/mol. The SMILES string of the molecule is C[C@@H]1CCc2nc3c(F)cc(-c4nc(Nc5ccc(CN6CCN(C)CC6)cn5)ncc4F)cc3n21. The molecule has 186 valence electrons. The first-order chi connectivity index (χ1) is 17.4. The fraction of sp³-hybridized carbons (Fsp3) is 0.385. The van der Waals surface area contributed by atoms with Gasteiger partial charge in [-0.05, 0) is 44.2 Å². The predicted molar refractivity (Wildman–Crippen MR) is 134 cm³/mol. The second-order valence-corrected chi connectivity index (χ2v) is 9.76. The maximum atomic E-state index is 14.9. The summed E-state index contributed by atoms with van der Waals surface area (Å²) in [6.07, 6.45) is 4.69. The van der Waals surface area contributed by atoms with Crippen LogP contribution in [0.2, 0.25) is 0 Å². The molecular weight excluding hydrogens is 462 g/mol. The summed E-state index contributed by atoms with van der Waals surface area (Å²) in [5, 5.41) is 3.04. The number of hydrogen-bond donors (Lipinski definition) is 1. The topological polar surface area (TPSA) is 75.0 Å². The van der Waals surface area contributed by atoms with Gasteiger partial charge in [0.1, 0.15) is 22.9 Å². The van der Waals surface area contributed by atoms with Crippen LogP contribution in [0.3, 0.4) is 0 Å². The van der Waals surface area contributed by atoms with Gasteiger partial charge in [0, 0.05) is 56.9 Å². The van der Waals surface area contributed by atoms with Crippen molar-refractivity contribution in [2.45, 2.75) is 32.4 Å². The number of anilines is 2. The number of piperazine rings is 1. The van der Waals surface area contributed by atoms with Gasteiger partial charge in [0.05, 0.1) is 11.7 Å². The number of rotatable bonds is 5. The van der Waals surface area contributed by atoms with Gasteiger partial charge in [-0.2, -0.15) is 0 Å². The zero-order valence-electron chi connectivity index (χ0n) is 20.4. The van der Waals surface area contributed by atoms with E-state index in [1.54, 1.807) is 6.07 Å². The van der Waals surface area contributed by atoms with Gasteiger partial charge in [0.15, 0.2) is 11.6 Å². The number of hydrogen-bond acceptors (Lipinski definition) is 7. The Kier molecular flexibility index (Phi) is 5.85. The number of nitrogens with one attached hydrogen (secondary N) is 1. The molecule has 36 heavy (non-hydrogen) atoms. The first kappa shape index (κ1) is 22.9. The van der Waals surface area contributed by atoms with Gasteiger partial charge in [-0.1, -0.05) is 6.07 Å². The quantitative estimate of drug-likeness (QED) is 0.450. The van der Waals surface area contributed by atoms with E-state index in [-0.39, 0.29) is 17.7 Å². The largest absolute Gasteiger partial charge is 0.325 e. The molecule has 0 radical (unpaired) electrons. The van der Waals surface area contributed by atoms with E-state index in [2.05, 4.69) is 49.0 Å². The molecule has 3 aromatic heterocycles. The lowest BCUT2D eigenvalue weighted by Crippen LogP contribution is -2.43. The highest BCUT2D eigenvalue weighted by atomic mass is 19.1. The highest BCUT2D eigenvalue weighted by Crippen LogP contribution is 2.34. The lowest BCUT2D eigenvalue weighted by molar-refractivity contribution is 0.148. The second kappa shape index (κ2) is 9.18. The first-order valence-electron chi connectivity index (χ1n) is 12.3. The molecule has 1 N–H and O–H groups in total. The normalized spacial score (nSPS) is 18.6. The molecule has 0 saturated carbocycles. The molecule has 5 heterocycles. The number of imidazole rings is 1. The van der Waals surface area contributed by atoms with Gasteiger partial charge in [0.2, 0.25) is 5.95 Å². The molecule has 0 unspecified atom stereocenters. The summed E-state index contributed by atoms with van der Waals surface area (Å²) in [6.45, 7) is 7.14. The number of fused-ring (bicyclic) bond motifs is 3. The number of benzene rings is 1. The van der Waals surface area contributed by atoms with Crippen molar-refractivity contribution >= 4 is 22.8 Å². The van der Waals surface area contributed by atoms with E-state index in [0.717, 1.165) is 63.2 Å². The second-order valence-electron chi connectivity index (χ2n) is 9.76. The molecule has 1 aromatic carbocycles. The van der Waals surface area contributed by atoms with Crippen molar-refractivity contribution in [2.24, 2.45) is 0 Å². The third-order valence-electron chi connectivity index (χ3n) is 7.13.